The van der Waals surface area contributed by atoms with E-state index in [1.54, 1.807) is 20.3 Å². The van der Waals surface area contributed by atoms with E-state index in [2.05, 4.69) is 22.3 Å². The SMILES string of the molecule is COc1ccc(CN2CCN(C(=O)CCNc3cc(Cl)ccc3OC)CC2)cc1. The second kappa shape index (κ2) is 10.4. The van der Waals surface area contributed by atoms with Crippen molar-refractivity contribution in [1.82, 2.24) is 9.80 Å². The Labute approximate surface area is 177 Å². The molecular weight excluding hydrogens is 390 g/mol. The lowest BCUT2D eigenvalue weighted by molar-refractivity contribution is -0.132. The van der Waals surface area contributed by atoms with Gasteiger partial charge in [0.2, 0.25) is 5.91 Å². The molecule has 2 aromatic carbocycles. The van der Waals surface area contributed by atoms with Gasteiger partial charge in [-0.15, -0.1) is 0 Å². The molecule has 1 amide bonds. The Balaban J connectivity index is 1.41. The third-order valence-corrected chi connectivity index (χ3v) is 5.34. The summed E-state index contributed by atoms with van der Waals surface area (Å²) >= 11 is 6.04. The van der Waals surface area contributed by atoms with Crippen LogP contribution in [0.1, 0.15) is 12.0 Å². The number of methoxy groups -OCH3 is 2. The second-order valence-corrected chi connectivity index (χ2v) is 7.46. The second-order valence-electron chi connectivity index (χ2n) is 7.03. The van der Waals surface area contributed by atoms with Crippen LogP contribution in [-0.4, -0.2) is 62.7 Å². The topological polar surface area (TPSA) is 54.0 Å². The number of carbonyl (C=O) groups excluding carboxylic acids is 1. The number of halogens is 1. The van der Waals surface area contributed by atoms with Crippen LogP contribution in [0.3, 0.4) is 0 Å². The van der Waals surface area contributed by atoms with Gasteiger partial charge in [-0.2, -0.15) is 0 Å². The van der Waals surface area contributed by atoms with Gasteiger partial charge in [-0.1, -0.05) is 23.7 Å². The first-order chi connectivity index (χ1) is 14.1. The number of piperazine rings is 1. The predicted molar refractivity (Wildman–Crippen MR) is 116 cm³/mol. The van der Waals surface area contributed by atoms with Gasteiger partial charge in [0.25, 0.3) is 0 Å². The first-order valence-corrected chi connectivity index (χ1v) is 10.2. The maximum atomic E-state index is 12.5. The predicted octanol–water partition coefficient (Wildman–Crippen LogP) is 3.50. The van der Waals surface area contributed by atoms with Crippen molar-refractivity contribution in [3.63, 3.8) is 0 Å². The van der Waals surface area contributed by atoms with Crippen LogP contribution in [0.25, 0.3) is 0 Å². The molecule has 1 aliphatic heterocycles. The summed E-state index contributed by atoms with van der Waals surface area (Å²) in [6.45, 7) is 4.72. The molecule has 1 N–H and O–H groups in total. The zero-order valence-corrected chi connectivity index (χ0v) is 17.7. The summed E-state index contributed by atoms with van der Waals surface area (Å²) in [4.78, 5) is 16.9. The van der Waals surface area contributed by atoms with Gasteiger partial charge in [-0.3, -0.25) is 9.69 Å². The van der Waals surface area contributed by atoms with Crippen LogP contribution in [-0.2, 0) is 11.3 Å². The van der Waals surface area contributed by atoms with Gasteiger partial charge in [0.05, 0.1) is 19.9 Å². The van der Waals surface area contributed by atoms with Crippen molar-refractivity contribution in [3.05, 3.63) is 53.1 Å². The van der Waals surface area contributed by atoms with E-state index in [4.69, 9.17) is 21.1 Å². The molecule has 0 spiro atoms. The third-order valence-electron chi connectivity index (χ3n) is 5.11. The van der Waals surface area contributed by atoms with Gasteiger partial charge < -0.3 is 19.7 Å². The molecule has 0 aromatic heterocycles. The summed E-state index contributed by atoms with van der Waals surface area (Å²) in [5.74, 6) is 1.75. The molecule has 1 saturated heterocycles. The van der Waals surface area contributed by atoms with Gasteiger partial charge >= 0.3 is 0 Å². The van der Waals surface area contributed by atoms with Crippen LogP contribution in [0, 0.1) is 0 Å². The lowest BCUT2D eigenvalue weighted by atomic mass is 10.2. The summed E-state index contributed by atoms with van der Waals surface area (Å²) in [6, 6.07) is 13.5. The Hall–Kier alpha value is -2.44. The quantitative estimate of drug-likeness (QED) is 0.712. The fourth-order valence-electron chi connectivity index (χ4n) is 3.43. The van der Waals surface area contributed by atoms with Crippen LogP contribution >= 0.6 is 11.6 Å². The number of nitrogens with one attached hydrogen (secondary N) is 1. The summed E-state index contributed by atoms with van der Waals surface area (Å²) < 4.78 is 10.5. The van der Waals surface area contributed by atoms with Crippen LogP contribution < -0.4 is 14.8 Å². The highest BCUT2D eigenvalue weighted by atomic mass is 35.5. The standard InChI is InChI=1S/C22H28ClN3O3/c1-28-19-6-3-17(4-7-19)16-25-11-13-26(14-12-25)22(27)9-10-24-20-15-18(23)5-8-21(20)29-2/h3-8,15,24H,9-14,16H2,1-2H3. The molecule has 6 nitrogen and oxygen atoms in total. The molecule has 1 fully saturated rings. The molecule has 1 heterocycles. The van der Waals surface area contributed by atoms with Crippen molar-refractivity contribution < 1.29 is 14.3 Å². The smallest absolute Gasteiger partial charge is 0.224 e. The lowest BCUT2D eigenvalue weighted by Gasteiger charge is -2.35. The third kappa shape index (κ3) is 6.02. The normalized spacial score (nSPS) is 14.5. The molecule has 29 heavy (non-hydrogen) atoms. The monoisotopic (exact) mass is 417 g/mol. The Morgan fingerprint density at radius 2 is 1.76 bits per heavy atom. The lowest BCUT2D eigenvalue weighted by Crippen LogP contribution is -2.48. The molecule has 0 bridgehead atoms. The van der Waals surface area contributed by atoms with Gasteiger partial charge in [0.1, 0.15) is 11.5 Å². The molecule has 7 heteroatoms. The van der Waals surface area contributed by atoms with Crippen molar-refractivity contribution >= 4 is 23.2 Å². The number of anilines is 1. The fourth-order valence-corrected chi connectivity index (χ4v) is 3.60. The maximum absolute atomic E-state index is 12.5. The van der Waals surface area contributed by atoms with Crippen molar-refractivity contribution in [2.24, 2.45) is 0 Å². The Bertz CT molecular complexity index is 805. The maximum Gasteiger partial charge on any atom is 0.224 e. The zero-order valence-electron chi connectivity index (χ0n) is 17.0. The van der Waals surface area contributed by atoms with E-state index < -0.39 is 0 Å². The van der Waals surface area contributed by atoms with Crippen molar-refractivity contribution in [2.45, 2.75) is 13.0 Å². The van der Waals surface area contributed by atoms with Crippen LogP contribution in [0.5, 0.6) is 11.5 Å². The minimum Gasteiger partial charge on any atom is -0.497 e. The molecule has 2 aromatic rings. The molecule has 1 aliphatic rings. The number of carbonyl (C=O) groups is 1. The fraction of sp³-hybridized carbons (Fsp3) is 0.409. The zero-order chi connectivity index (χ0) is 20.6. The largest absolute Gasteiger partial charge is 0.497 e. The van der Waals surface area contributed by atoms with Crippen LogP contribution in [0.2, 0.25) is 5.02 Å². The van der Waals surface area contributed by atoms with Crippen molar-refractivity contribution in [1.29, 1.82) is 0 Å². The molecule has 0 aliphatic carbocycles. The molecule has 0 saturated carbocycles. The van der Waals surface area contributed by atoms with E-state index in [1.807, 2.05) is 29.2 Å². The number of benzene rings is 2. The number of hydrogen-bond acceptors (Lipinski definition) is 5. The number of rotatable bonds is 8. The highest BCUT2D eigenvalue weighted by Gasteiger charge is 2.20. The molecule has 156 valence electrons. The van der Waals surface area contributed by atoms with Gasteiger partial charge in [0, 0.05) is 50.7 Å². The highest BCUT2D eigenvalue weighted by Crippen LogP contribution is 2.27. The summed E-state index contributed by atoms with van der Waals surface area (Å²) in [6.07, 6.45) is 0.439. The van der Waals surface area contributed by atoms with E-state index in [0.717, 1.165) is 44.2 Å². The Morgan fingerprint density at radius 3 is 2.41 bits per heavy atom. The minimum atomic E-state index is 0.169. The number of nitrogens with zero attached hydrogens (tertiary/aromatic N) is 2. The Kier molecular flexibility index (Phi) is 7.61. The average molecular weight is 418 g/mol. The van der Waals surface area contributed by atoms with Crippen LogP contribution in [0.4, 0.5) is 5.69 Å². The van der Waals surface area contributed by atoms with Gasteiger partial charge in [0.15, 0.2) is 0 Å². The number of hydrogen-bond donors (Lipinski definition) is 1. The summed E-state index contributed by atoms with van der Waals surface area (Å²) in [7, 11) is 3.29. The van der Waals surface area contributed by atoms with E-state index in [9.17, 15) is 4.79 Å². The first kappa shape index (κ1) is 21.3. The van der Waals surface area contributed by atoms with E-state index in [1.165, 1.54) is 5.56 Å². The molecule has 3 rings (SSSR count). The van der Waals surface area contributed by atoms with Crippen molar-refractivity contribution in [2.75, 3.05) is 52.3 Å². The average Bonchev–Trinajstić information content (AvgIpc) is 2.75. The first-order valence-electron chi connectivity index (χ1n) is 9.79. The molecular formula is C22H28ClN3O3. The van der Waals surface area contributed by atoms with Crippen molar-refractivity contribution in [3.8, 4) is 11.5 Å². The Morgan fingerprint density at radius 1 is 1.03 bits per heavy atom. The number of amides is 1. The minimum absolute atomic E-state index is 0.169. The van der Waals surface area contributed by atoms with Crippen LogP contribution in [0.15, 0.2) is 42.5 Å². The highest BCUT2D eigenvalue weighted by molar-refractivity contribution is 6.30. The number of ether oxygens (including phenoxy) is 2. The van der Waals surface area contributed by atoms with Gasteiger partial charge in [-0.05, 0) is 35.9 Å². The van der Waals surface area contributed by atoms with E-state index >= 15 is 0 Å². The molecule has 0 radical (unpaired) electrons. The molecule has 0 atom stereocenters. The summed E-state index contributed by atoms with van der Waals surface area (Å²) in [5.41, 5.74) is 2.06. The van der Waals surface area contributed by atoms with E-state index in [-0.39, 0.29) is 5.91 Å². The van der Waals surface area contributed by atoms with Gasteiger partial charge in [-0.25, -0.2) is 0 Å². The van der Waals surface area contributed by atoms with E-state index in [0.29, 0.717) is 23.7 Å². The summed E-state index contributed by atoms with van der Waals surface area (Å²) in [5, 5.41) is 3.88. The molecule has 0 unspecified atom stereocenters.